The van der Waals surface area contributed by atoms with Gasteiger partial charge in [0.1, 0.15) is 5.82 Å². The molecule has 2 heteroatoms. The van der Waals surface area contributed by atoms with Crippen LogP contribution in [0.15, 0.2) is 24.3 Å². The van der Waals surface area contributed by atoms with E-state index in [-0.39, 0.29) is 5.82 Å². The summed E-state index contributed by atoms with van der Waals surface area (Å²) in [5.41, 5.74) is 1.17. The van der Waals surface area contributed by atoms with Gasteiger partial charge in [-0.25, -0.2) is 4.39 Å². The summed E-state index contributed by atoms with van der Waals surface area (Å²) in [5, 5.41) is 3.43. The molecule has 14 heavy (non-hydrogen) atoms. The molecule has 0 radical (unpaired) electrons. The van der Waals surface area contributed by atoms with E-state index in [1.807, 2.05) is 12.1 Å². The maximum absolute atomic E-state index is 12.7. The number of nitrogens with one attached hydrogen (secondary N) is 1. The van der Waals surface area contributed by atoms with Gasteiger partial charge in [0.15, 0.2) is 0 Å². The summed E-state index contributed by atoms with van der Waals surface area (Å²) in [4.78, 5) is 0. The van der Waals surface area contributed by atoms with Crippen LogP contribution in [0.4, 0.5) is 4.39 Å². The molecule has 0 aliphatic heterocycles. The standard InChI is InChI=1S/C12H18FN/c1-3-9-14-12(4-2)10-5-7-11(13)8-6-10/h5-8,12,14H,3-4,9H2,1-2H3/t12-/m0/s1. The molecule has 0 aromatic heterocycles. The number of rotatable bonds is 5. The average molecular weight is 195 g/mol. The molecule has 0 saturated heterocycles. The molecule has 1 nitrogen and oxygen atoms in total. The van der Waals surface area contributed by atoms with Crippen LogP contribution >= 0.6 is 0 Å². The monoisotopic (exact) mass is 195 g/mol. The first kappa shape index (κ1) is 11.2. The van der Waals surface area contributed by atoms with Gasteiger partial charge in [0.2, 0.25) is 0 Å². The Kier molecular flexibility index (Phi) is 4.60. The van der Waals surface area contributed by atoms with Gasteiger partial charge in [-0.1, -0.05) is 26.0 Å². The summed E-state index contributed by atoms with van der Waals surface area (Å²) in [6, 6.07) is 7.10. The van der Waals surface area contributed by atoms with Gasteiger partial charge in [-0.05, 0) is 37.1 Å². The van der Waals surface area contributed by atoms with Crippen molar-refractivity contribution in [1.82, 2.24) is 5.32 Å². The quantitative estimate of drug-likeness (QED) is 0.760. The van der Waals surface area contributed by atoms with E-state index in [2.05, 4.69) is 19.2 Å². The van der Waals surface area contributed by atoms with E-state index in [0.29, 0.717) is 6.04 Å². The zero-order chi connectivity index (χ0) is 10.4. The molecule has 0 heterocycles. The van der Waals surface area contributed by atoms with Crippen LogP contribution in [-0.2, 0) is 0 Å². The number of hydrogen-bond acceptors (Lipinski definition) is 1. The zero-order valence-electron chi connectivity index (χ0n) is 8.89. The van der Waals surface area contributed by atoms with Crippen LogP contribution in [0.3, 0.4) is 0 Å². The Morgan fingerprint density at radius 3 is 2.36 bits per heavy atom. The highest BCUT2D eigenvalue weighted by atomic mass is 19.1. The predicted octanol–water partition coefficient (Wildman–Crippen LogP) is 3.28. The molecule has 1 N–H and O–H groups in total. The molecule has 0 spiro atoms. The molecule has 78 valence electrons. The second-order valence-electron chi connectivity index (χ2n) is 3.47. The van der Waals surface area contributed by atoms with E-state index in [4.69, 9.17) is 0 Å². The van der Waals surface area contributed by atoms with Crippen molar-refractivity contribution in [3.8, 4) is 0 Å². The minimum atomic E-state index is -0.168. The van der Waals surface area contributed by atoms with E-state index >= 15 is 0 Å². The van der Waals surface area contributed by atoms with Crippen LogP contribution in [0.5, 0.6) is 0 Å². The minimum Gasteiger partial charge on any atom is -0.310 e. The van der Waals surface area contributed by atoms with Crippen molar-refractivity contribution in [3.05, 3.63) is 35.6 Å². The molecule has 1 atom stereocenters. The lowest BCUT2D eigenvalue weighted by Crippen LogP contribution is -2.21. The van der Waals surface area contributed by atoms with Gasteiger partial charge < -0.3 is 5.32 Å². The Balaban J connectivity index is 2.64. The Morgan fingerprint density at radius 1 is 1.21 bits per heavy atom. The van der Waals surface area contributed by atoms with E-state index in [9.17, 15) is 4.39 Å². The highest BCUT2D eigenvalue weighted by Crippen LogP contribution is 2.16. The van der Waals surface area contributed by atoms with Crippen LogP contribution in [0.1, 0.15) is 38.3 Å². The third-order valence-corrected chi connectivity index (χ3v) is 2.32. The van der Waals surface area contributed by atoms with Gasteiger partial charge in [-0.3, -0.25) is 0 Å². The van der Waals surface area contributed by atoms with Crippen LogP contribution in [0, 0.1) is 5.82 Å². The number of benzene rings is 1. The zero-order valence-corrected chi connectivity index (χ0v) is 8.89. The predicted molar refractivity (Wildman–Crippen MR) is 57.7 cm³/mol. The molecular weight excluding hydrogens is 177 g/mol. The number of halogens is 1. The van der Waals surface area contributed by atoms with Crippen molar-refractivity contribution in [3.63, 3.8) is 0 Å². The van der Waals surface area contributed by atoms with Crippen LogP contribution < -0.4 is 5.32 Å². The highest BCUT2D eigenvalue weighted by molar-refractivity contribution is 5.19. The maximum atomic E-state index is 12.7. The molecule has 0 amide bonds. The lowest BCUT2D eigenvalue weighted by atomic mass is 10.0. The summed E-state index contributed by atoms with van der Waals surface area (Å²) in [7, 11) is 0. The molecule has 0 aliphatic carbocycles. The lowest BCUT2D eigenvalue weighted by molar-refractivity contribution is 0.517. The van der Waals surface area contributed by atoms with Gasteiger partial charge in [-0.2, -0.15) is 0 Å². The largest absolute Gasteiger partial charge is 0.310 e. The van der Waals surface area contributed by atoms with Gasteiger partial charge in [0.25, 0.3) is 0 Å². The van der Waals surface area contributed by atoms with E-state index in [1.165, 1.54) is 17.7 Å². The molecule has 0 unspecified atom stereocenters. The fraction of sp³-hybridized carbons (Fsp3) is 0.500. The van der Waals surface area contributed by atoms with Crippen molar-refractivity contribution in [1.29, 1.82) is 0 Å². The first-order valence-electron chi connectivity index (χ1n) is 5.26. The Hall–Kier alpha value is -0.890. The highest BCUT2D eigenvalue weighted by Gasteiger charge is 2.07. The van der Waals surface area contributed by atoms with E-state index in [0.717, 1.165) is 19.4 Å². The SMILES string of the molecule is CCCN[C@@H](CC)c1ccc(F)cc1. The normalized spacial score (nSPS) is 12.8. The van der Waals surface area contributed by atoms with Crippen LogP contribution in [0.25, 0.3) is 0 Å². The first-order chi connectivity index (χ1) is 6.77. The summed E-state index contributed by atoms with van der Waals surface area (Å²) in [6.45, 7) is 5.29. The van der Waals surface area contributed by atoms with E-state index < -0.39 is 0 Å². The second kappa shape index (κ2) is 5.76. The Bertz CT molecular complexity index is 256. The Labute approximate surface area is 85.3 Å². The van der Waals surface area contributed by atoms with Gasteiger partial charge in [-0.15, -0.1) is 0 Å². The Morgan fingerprint density at radius 2 is 1.86 bits per heavy atom. The van der Waals surface area contributed by atoms with Crippen molar-refractivity contribution in [2.45, 2.75) is 32.7 Å². The minimum absolute atomic E-state index is 0.168. The van der Waals surface area contributed by atoms with Gasteiger partial charge in [0, 0.05) is 6.04 Å². The van der Waals surface area contributed by atoms with Crippen molar-refractivity contribution in [2.24, 2.45) is 0 Å². The fourth-order valence-electron chi connectivity index (χ4n) is 1.51. The summed E-state index contributed by atoms with van der Waals surface area (Å²) < 4.78 is 12.7. The fourth-order valence-corrected chi connectivity index (χ4v) is 1.51. The molecule has 1 aromatic carbocycles. The van der Waals surface area contributed by atoms with E-state index in [1.54, 1.807) is 0 Å². The summed E-state index contributed by atoms with van der Waals surface area (Å²) >= 11 is 0. The molecule has 0 saturated carbocycles. The average Bonchev–Trinajstić information content (AvgIpc) is 2.21. The molecule has 0 fully saturated rings. The lowest BCUT2D eigenvalue weighted by Gasteiger charge is -2.16. The topological polar surface area (TPSA) is 12.0 Å². The van der Waals surface area contributed by atoms with Crippen molar-refractivity contribution in [2.75, 3.05) is 6.54 Å². The molecular formula is C12H18FN. The summed E-state index contributed by atoms with van der Waals surface area (Å²) in [5.74, 6) is -0.168. The molecule has 0 aliphatic rings. The maximum Gasteiger partial charge on any atom is 0.123 e. The summed E-state index contributed by atoms with van der Waals surface area (Å²) in [6.07, 6.45) is 2.16. The van der Waals surface area contributed by atoms with Crippen LogP contribution in [0.2, 0.25) is 0 Å². The van der Waals surface area contributed by atoms with Crippen molar-refractivity contribution < 1.29 is 4.39 Å². The third-order valence-electron chi connectivity index (χ3n) is 2.32. The smallest absolute Gasteiger partial charge is 0.123 e. The van der Waals surface area contributed by atoms with Gasteiger partial charge in [0.05, 0.1) is 0 Å². The first-order valence-corrected chi connectivity index (χ1v) is 5.26. The molecule has 0 bridgehead atoms. The van der Waals surface area contributed by atoms with Crippen molar-refractivity contribution >= 4 is 0 Å². The molecule has 1 aromatic rings. The van der Waals surface area contributed by atoms with Crippen LogP contribution in [-0.4, -0.2) is 6.54 Å². The number of hydrogen-bond donors (Lipinski definition) is 1. The molecule has 1 rings (SSSR count). The van der Waals surface area contributed by atoms with Gasteiger partial charge >= 0.3 is 0 Å². The third kappa shape index (κ3) is 3.11. The second-order valence-corrected chi connectivity index (χ2v) is 3.47.